The number of aryl methyl sites for hydroxylation is 1. The minimum atomic E-state index is -0.145. The van der Waals surface area contributed by atoms with E-state index in [9.17, 15) is 4.79 Å². The minimum absolute atomic E-state index is 0.145. The molecule has 0 spiro atoms. The first-order chi connectivity index (χ1) is 11.5. The monoisotopic (exact) mass is 424 g/mol. The molecular formula is C17H11BrCl2N2O2. The molecule has 0 aliphatic rings. The second-order valence-electron chi connectivity index (χ2n) is 5.07. The second kappa shape index (κ2) is 7.47. The van der Waals surface area contributed by atoms with Crippen molar-refractivity contribution in [3.8, 4) is 11.3 Å². The van der Waals surface area contributed by atoms with Crippen molar-refractivity contribution in [3.63, 3.8) is 0 Å². The quantitative estimate of drug-likeness (QED) is 0.393. The third kappa shape index (κ3) is 3.86. The molecule has 0 radical (unpaired) electrons. The molecule has 3 aromatic rings. The van der Waals surface area contributed by atoms with Crippen molar-refractivity contribution in [3.05, 3.63) is 68.6 Å². The number of Topliss-reactive ketones (excluding diaryl/α,β-unsaturated/α-hetero) is 1. The lowest BCUT2D eigenvalue weighted by molar-refractivity contribution is 0.0980. The lowest BCUT2D eigenvalue weighted by Gasteiger charge is -2.02. The van der Waals surface area contributed by atoms with Crippen molar-refractivity contribution < 1.29 is 9.32 Å². The van der Waals surface area contributed by atoms with E-state index in [1.807, 2.05) is 30.3 Å². The molecule has 3 rings (SSSR count). The number of benzene rings is 1. The zero-order valence-electron chi connectivity index (χ0n) is 12.3. The van der Waals surface area contributed by atoms with Crippen LogP contribution in [0, 0.1) is 0 Å². The summed E-state index contributed by atoms with van der Waals surface area (Å²) >= 11 is 15.3. The lowest BCUT2D eigenvalue weighted by Crippen LogP contribution is -2.03. The van der Waals surface area contributed by atoms with Crippen molar-refractivity contribution in [1.29, 1.82) is 0 Å². The summed E-state index contributed by atoms with van der Waals surface area (Å²) in [5, 5.41) is 4.58. The van der Waals surface area contributed by atoms with Crippen LogP contribution in [0.5, 0.6) is 0 Å². The van der Waals surface area contributed by atoms with Gasteiger partial charge in [0.15, 0.2) is 5.78 Å². The lowest BCUT2D eigenvalue weighted by atomic mass is 10.1. The van der Waals surface area contributed by atoms with Crippen LogP contribution in [0.3, 0.4) is 0 Å². The number of carbonyl (C=O) groups is 1. The van der Waals surface area contributed by atoms with Crippen LogP contribution in [-0.4, -0.2) is 15.9 Å². The smallest absolute Gasteiger partial charge is 0.166 e. The highest BCUT2D eigenvalue weighted by Gasteiger charge is 2.15. The third-order valence-corrected chi connectivity index (χ3v) is 4.61. The topological polar surface area (TPSA) is 56.0 Å². The normalized spacial score (nSPS) is 10.8. The molecule has 24 heavy (non-hydrogen) atoms. The Labute approximate surface area is 156 Å². The summed E-state index contributed by atoms with van der Waals surface area (Å²) in [4.78, 5) is 16.1. The fourth-order valence-corrected chi connectivity index (χ4v) is 3.07. The van der Waals surface area contributed by atoms with Crippen LogP contribution in [0.25, 0.3) is 11.3 Å². The van der Waals surface area contributed by atoms with Gasteiger partial charge in [-0.25, -0.2) is 4.98 Å². The van der Waals surface area contributed by atoms with Gasteiger partial charge in [-0.15, -0.1) is 0 Å². The van der Waals surface area contributed by atoms with E-state index in [-0.39, 0.29) is 17.4 Å². The fraction of sp³-hybridized carbons (Fsp3) is 0.118. The molecule has 0 saturated heterocycles. The highest BCUT2D eigenvalue weighted by molar-refractivity contribution is 9.10. The van der Waals surface area contributed by atoms with Gasteiger partial charge >= 0.3 is 0 Å². The van der Waals surface area contributed by atoms with Gasteiger partial charge in [-0.05, 0) is 12.1 Å². The van der Waals surface area contributed by atoms with Crippen molar-refractivity contribution in [1.82, 2.24) is 10.1 Å². The summed E-state index contributed by atoms with van der Waals surface area (Å²) in [5.41, 5.74) is 1.96. The predicted molar refractivity (Wildman–Crippen MR) is 96.5 cm³/mol. The number of aromatic nitrogens is 2. The molecule has 0 aliphatic heterocycles. The van der Waals surface area contributed by atoms with Gasteiger partial charge in [0.05, 0.1) is 10.6 Å². The first-order valence-electron chi connectivity index (χ1n) is 7.09. The first-order valence-corrected chi connectivity index (χ1v) is 8.64. The molecule has 0 unspecified atom stereocenters. The molecule has 0 bridgehead atoms. The molecular weight excluding hydrogens is 415 g/mol. The van der Waals surface area contributed by atoms with Gasteiger partial charge in [-0.3, -0.25) is 4.79 Å². The zero-order valence-corrected chi connectivity index (χ0v) is 15.4. The van der Waals surface area contributed by atoms with E-state index in [2.05, 4.69) is 26.1 Å². The SMILES string of the molecule is O=C(CCc1cc(-c2ccccc2Br)no1)c1cc(Cl)cnc1Cl. The Morgan fingerprint density at radius 3 is 2.79 bits per heavy atom. The molecule has 7 heteroatoms. The summed E-state index contributed by atoms with van der Waals surface area (Å²) in [7, 11) is 0. The van der Waals surface area contributed by atoms with Gasteiger partial charge in [0, 0.05) is 35.1 Å². The average Bonchev–Trinajstić information content (AvgIpc) is 3.04. The molecule has 0 fully saturated rings. The number of hydrogen-bond acceptors (Lipinski definition) is 4. The Morgan fingerprint density at radius 1 is 1.21 bits per heavy atom. The molecule has 2 aromatic heterocycles. The molecule has 0 amide bonds. The van der Waals surface area contributed by atoms with Crippen LogP contribution in [0.15, 0.2) is 51.6 Å². The van der Waals surface area contributed by atoms with Gasteiger partial charge in [0.1, 0.15) is 16.6 Å². The van der Waals surface area contributed by atoms with Gasteiger partial charge in [-0.2, -0.15) is 0 Å². The average molecular weight is 426 g/mol. The van der Waals surface area contributed by atoms with Crippen LogP contribution in [0.2, 0.25) is 10.2 Å². The molecule has 122 valence electrons. The molecule has 0 N–H and O–H groups in total. The van der Waals surface area contributed by atoms with Crippen LogP contribution in [0.4, 0.5) is 0 Å². The Bertz CT molecular complexity index is 896. The maximum absolute atomic E-state index is 12.3. The predicted octanol–water partition coefficient (Wildman–Crippen LogP) is 5.62. The standard InChI is InChI=1S/C17H11BrCl2N2O2/c18-14-4-2-1-3-12(14)15-8-11(24-22-15)5-6-16(23)13-7-10(19)9-21-17(13)20/h1-4,7-9H,5-6H2. The largest absolute Gasteiger partial charge is 0.361 e. The van der Waals surface area contributed by atoms with E-state index in [1.54, 1.807) is 0 Å². The van der Waals surface area contributed by atoms with E-state index in [0.717, 1.165) is 10.0 Å². The minimum Gasteiger partial charge on any atom is -0.361 e. The first kappa shape index (κ1) is 17.1. The Kier molecular flexibility index (Phi) is 5.33. The van der Waals surface area contributed by atoms with Gasteiger partial charge in [-0.1, -0.05) is 62.5 Å². The second-order valence-corrected chi connectivity index (χ2v) is 6.72. The van der Waals surface area contributed by atoms with Crippen LogP contribution >= 0.6 is 39.1 Å². The van der Waals surface area contributed by atoms with E-state index in [1.165, 1.54) is 12.3 Å². The van der Waals surface area contributed by atoms with Crippen molar-refractivity contribution >= 4 is 44.9 Å². The number of ketones is 1. The highest BCUT2D eigenvalue weighted by Crippen LogP contribution is 2.28. The van der Waals surface area contributed by atoms with Crippen LogP contribution in [-0.2, 0) is 6.42 Å². The molecule has 0 aliphatic carbocycles. The maximum Gasteiger partial charge on any atom is 0.166 e. The van der Waals surface area contributed by atoms with Gasteiger partial charge in [0.25, 0.3) is 0 Å². The fourth-order valence-electron chi connectivity index (χ4n) is 2.22. The maximum atomic E-state index is 12.3. The molecule has 2 heterocycles. The number of rotatable bonds is 5. The zero-order chi connectivity index (χ0) is 17.1. The highest BCUT2D eigenvalue weighted by atomic mass is 79.9. The Morgan fingerprint density at radius 2 is 2.00 bits per heavy atom. The number of hydrogen-bond donors (Lipinski definition) is 0. The van der Waals surface area contributed by atoms with Crippen LogP contribution in [0.1, 0.15) is 22.5 Å². The summed E-state index contributed by atoms with van der Waals surface area (Å²) in [6.07, 6.45) is 2.05. The summed E-state index contributed by atoms with van der Waals surface area (Å²) < 4.78 is 6.25. The van der Waals surface area contributed by atoms with Crippen molar-refractivity contribution in [2.45, 2.75) is 12.8 Å². The van der Waals surface area contributed by atoms with Crippen molar-refractivity contribution in [2.75, 3.05) is 0 Å². The summed E-state index contributed by atoms with van der Waals surface area (Å²) in [5.74, 6) is 0.481. The number of carbonyl (C=O) groups excluding carboxylic acids is 1. The molecule has 4 nitrogen and oxygen atoms in total. The third-order valence-electron chi connectivity index (χ3n) is 3.41. The Hall–Kier alpha value is -1.69. The molecule has 0 saturated carbocycles. The number of halogens is 3. The van der Waals surface area contributed by atoms with E-state index >= 15 is 0 Å². The van der Waals surface area contributed by atoms with Gasteiger partial charge in [0.2, 0.25) is 0 Å². The van der Waals surface area contributed by atoms with E-state index in [4.69, 9.17) is 27.7 Å². The summed E-state index contributed by atoms with van der Waals surface area (Å²) in [6, 6.07) is 11.1. The Balaban J connectivity index is 1.71. The number of pyridine rings is 1. The molecule has 1 aromatic carbocycles. The number of nitrogens with zero attached hydrogens (tertiary/aromatic N) is 2. The van der Waals surface area contributed by atoms with E-state index < -0.39 is 0 Å². The van der Waals surface area contributed by atoms with Crippen LogP contribution < -0.4 is 0 Å². The summed E-state index contributed by atoms with van der Waals surface area (Å²) in [6.45, 7) is 0. The van der Waals surface area contributed by atoms with E-state index in [0.29, 0.717) is 28.5 Å². The molecule has 0 atom stereocenters. The van der Waals surface area contributed by atoms with Gasteiger partial charge < -0.3 is 4.52 Å². The van der Waals surface area contributed by atoms with Crippen molar-refractivity contribution in [2.24, 2.45) is 0 Å².